The quantitative estimate of drug-likeness (QED) is 0.362. The van der Waals surface area contributed by atoms with Crippen LogP contribution in [0.4, 0.5) is 5.13 Å². The third-order valence-electron chi connectivity index (χ3n) is 5.46. The highest BCUT2D eigenvalue weighted by atomic mass is 32.1. The van der Waals surface area contributed by atoms with Crippen LogP contribution in [-0.2, 0) is 11.4 Å². The number of rotatable bonds is 7. The fourth-order valence-corrected chi connectivity index (χ4v) is 4.56. The molecule has 170 valence electrons. The lowest BCUT2D eigenvalue weighted by molar-refractivity contribution is -0.117. The van der Waals surface area contributed by atoms with Gasteiger partial charge in [-0.15, -0.1) is 11.3 Å². The molecule has 0 radical (unpaired) electrons. The molecule has 0 saturated carbocycles. The van der Waals surface area contributed by atoms with Crippen molar-refractivity contribution in [2.75, 3.05) is 4.90 Å². The molecule has 1 aliphatic rings. The molecule has 1 N–H and O–H groups in total. The van der Waals surface area contributed by atoms with Gasteiger partial charge in [0.15, 0.2) is 16.7 Å². The van der Waals surface area contributed by atoms with Gasteiger partial charge in [0, 0.05) is 11.6 Å². The molecule has 1 amide bonds. The Morgan fingerprint density at radius 1 is 1.15 bits per heavy atom. The fourth-order valence-electron chi connectivity index (χ4n) is 3.89. The van der Waals surface area contributed by atoms with Gasteiger partial charge >= 0.3 is 0 Å². The maximum atomic E-state index is 13.4. The van der Waals surface area contributed by atoms with Crippen LogP contribution in [0, 0.1) is 6.92 Å². The number of carbonyl (C=O) groups excluding carboxylic acids is 2. The molecule has 4 aromatic rings. The van der Waals surface area contributed by atoms with Gasteiger partial charge < -0.3 is 14.3 Å². The first-order chi connectivity index (χ1) is 16.5. The number of anilines is 1. The molecule has 0 bridgehead atoms. The van der Waals surface area contributed by atoms with Gasteiger partial charge in [0.25, 0.3) is 5.91 Å². The lowest BCUT2D eigenvalue weighted by Gasteiger charge is -2.24. The number of amides is 1. The Morgan fingerprint density at radius 3 is 2.68 bits per heavy atom. The molecule has 34 heavy (non-hydrogen) atoms. The summed E-state index contributed by atoms with van der Waals surface area (Å²) < 4.78 is 11.5. The highest BCUT2D eigenvalue weighted by molar-refractivity contribution is 7.13. The molecule has 2 aromatic carbocycles. The van der Waals surface area contributed by atoms with Crippen molar-refractivity contribution in [2.24, 2.45) is 0 Å². The van der Waals surface area contributed by atoms with Gasteiger partial charge in [0.2, 0.25) is 5.78 Å². The number of ether oxygens (including phenoxy) is 1. The zero-order chi connectivity index (χ0) is 23.7. The summed E-state index contributed by atoms with van der Waals surface area (Å²) in [5.41, 5.74) is 1.55. The first-order valence-electron chi connectivity index (χ1n) is 10.6. The Morgan fingerprint density at radius 2 is 1.97 bits per heavy atom. The van der Waals surface area contributed by atoms with Crippen molar-refractivity contribution < 1.29 is 23.8 Å². The molecule has 0 aliphatic carbocycles. The highest BCUT2D eigenvalue weighted by Gasteiger charge is 2.46. The summed E-state index contributed by atoms with van der Waals surface area (Å²) in [5.74, 6) is -0.692. The first kappa shape index (κ1) is 21.7. The lowest BCUT2D eigenvalue weighted by atomic mass is 9.95. The smallest absolute Gasteiger partial charge is 0.296 e. The second kappa shape index (κ2) is 8.99. The highest BCUT2D eigenvalue weighted by Crippen LogP contribution is 2.43. The molecule has 5 rings (SSSR count). The van der Waals surface area contributed by atoms with Gasteiger partial charge in [-0.25, -0.2) is 4.98 Å². The van der Waals surface area contributed by atoms with E-state index in [2.05, 4.69) is 4.98 Å². The van der Waals surface area contributed by atoms with Crippen molar-refractivity contribution in [3.8, 4) is 5.75 Å². The zero-order valence-corrected chi connectivity index (χ0v) is 19.0. The minimum absolute atomic E-state index is 0.0503. The van der Waals surface area contributed by atoms with Gasteiger partial charge in [-0.3, -0.25) is 14.5 Å². The maximum absolute atomic E-state index is 13.4. The van der Waals surface area contributed by atoms with Crippen LogP contribution < -0.4 is 9.64 Å². The van der Waals surface area contributed by atoms with E-state index in [4.69, 9.17) is 9.15 Å². The number of thiazole rings is 1. The maximum Gasteiger partial charge on any atom is 0.296 e. The van der Waals surface area contributed by atoms with Crippen LogP contribution in [0.15, 0.2) is 94.1 Å². The SMILES string of the molecule is Cc1ccc(C(=O)C2=C(O)C(=O)N(c3nccs3)[C@@H]2c2cccc(OCc3ccccc3)c2)o1. The first-order valence-corrected chi connectivity index (χ1v) is 11.4. The van der Waals surface area contributed by atoms with E-state index in [-0.39, 0.29) is 11.3 Å². The summed E-state index contributed by atoms with van der Waals surface area (Å²) in [6, 6.07) is 19.2. The van der Waals surface area contributed by atoms with E-state index in [1.165, 1.54) is 22.3 Å². The van der Waals surface area contributed by atoms with E-state index in [0.717, 1.165) is 5.56 Å². The number of hydrogen-bond donors (Lipinski definition) is 1. The summed E-state index contributed by atoms with van der Waals surface area (Å²) in [7, 11) is 0. The number of Topliss-reactive ketones (excluding diaryl/α,β-unsaturated/α-hetero) is 1. The lowest BCUT2D eigenvalue weighted by Crippen LogP contribution is -2.30. The summed E-state index contributed by atoms with van der Waals surface area (Å²) in [4.78, 5) is 32.1. The van der Waals surface area contributed by atoms with Gasteiger partial charge in [0.1, 0.15) is 18.1 Å². The molecular weight excluding hydrogens is 452 g/mol. The van der Waals surface area contributed by atoms with Crippen molar-refractivity contribution >= 4 is 28.2 Å². The van der Waals surface area contributed by atoms with E-state index in [1.54, 1.807) is 48.8 Å². The molecule has 8 heteroatoms. The molecular formula is C26H20N2O5S. The number of nitrogens with zero attached hydrogens (tertiary/aromatic N) is 2. The van der Waals surface area contributed by atoms with Crippen LogP contribution in [-0.4, -0.2) is 21.8 Å². The molecule has 1 atom stereocenters. The van der Waals surface area contributed by atoms with Crippen LogP contribution >= 0.6 is 11.3 Å². The normalized spacial score (nSPS) is 15.7. The second-order valence-corrected chi connectivity index (χ2v) is 8.61. The largest absolute Gasteiger partial charge is 0.503 e. The molecule has 2 aromatic heterocycles. The van der Waals surface area contributed by atoms with Crippen molar-refractivity contribution in [3.05, 3.63) is 112 Å². The average molecular weight is 473 g/mol. The van der Waals surface area contributed by atoms with Crippen LogP contribution in [0.2, 0.25) is 0 Å². The van der Waals surface area contributed by atoms with Crippen molar-refractivity contribution in [1.82, 2.24) is 4.98 Å². The number of aromatic nitrogens is 1. The summed E-state index contributed by atoms with van der Waals surface area (Å²) in [6.07, 6.45) is 1.57. The van der Waals surface area contributed by atoms with E-state index in [9.17, 15) is 14.7 Å². The van der Waals surface area contributed by atoms with Crippen LogP contribution in [0.1, 0.15) is 33.5 Å². The number of aryl methyl sites for hydroxylation is 1. The predicted molar refractivity (Wildman–Crippen MR) is 127 cm³/mol. The van der Waals surface area contributed by atoms with E-state index >= 15 is 0 Å². The molecule has 0 fully saturated rings. The summed E-state index contributed by atoms with van der Waals surface area (Å²) in [6.45, 7) is 2.08. The minimum atomic E-state index is -0.892. The monoisotopic (exact) mass is 472 g/mol. The summed E-state index contributed by atoms with van der Waals surface area (Å²) >= 11 is 1.24. The van der Waals surface area contributed by atoms with Gasteiger partial charge in [-0.05, 0) is 42.3 Å². The van der Waals surface area contributed by atoms with Crippen molar-refractivity contribution in [3.63, 3.8) is 0 Å². The second-order valence-electron chi connectivity index (χ2n) is 7.74. The third-order valence-corrected chi connectivity index (χ3v) is 6.24. The topological polar surface area (TPSA) is 92.9 Å². The van der Waals surface area contributed by atoms with Crippen LogP contribution in [0.3, 0.4) is 0 Å². The van der Waals surface area contributed by atoms with Crippen LogP contribution in [0.5, 0.6) is 5.75 Å². The molecule has 1 aliphatic heterocycles. The Bertz CT molecular complexity index is 1380. The van der Waals surface area contributed by atoms with Crippen molar-refractivity contribution in [2.45, 2.75) is 19.6 Å². The van der Waals surface area contributed by atoms with Crippen LogP contribution in [0.25, 0.3) is 0 Å². The molecule has 0 spiro atoms. The third kappa shape index (κ3) is 3.99. The van der Waals surface area contributed by atoms with Gasteiger partial charge in [0.05, 0.1) is 11.6 Å². The zero-order valence-electron chi connectivity index (χ0n) is 18.2. The molecule has 0 unspecified atom stereocenters. The number of aliphatic hydroxyl groups is 1. The number of furan rings is 1. The predicted octanol–water partition coefficient (Wildman–Crippen LogP) is 5.41. The van der Waals surface area contributed by atoms with E-state index in [0.29, 0.717) is 28.8 Å². The summed E-state index contributed by atoms with van der Waals surface area (Å²) in [5, 5.41) is 12.9. The van der Waals surface area contributed by atoms with Gasteiger partial charge in [-0.2, -0.15) is 0 Å². The fraction of sp³-hybridized carbons (Fsp3) is 0.115. The average Bonchev–Trinajstić information content (AvgIpc) is 3.59. The standard InChI is InChI=1S/C26H20N2O5S/c1-16-10-11-20(33-16)23(29)21-22(28(25(31)24(21)30)26-27-12-13-34-26)18-8-5-9-19(14-18)32-15-17-6-3-2-4-7-17/h2-14,22,30H,15H2,1H3/t22-/m1/s1. The Kier molecular flexibility index (Phi) is 5.73. The minimum Gasteiger partial charge on any atom is -0.503 e. The molecule has 3 heterocycles. The molecule has 7 nitrogen and oxygen atoms in total. The number of aliphatic hydroxyl groups excluding tert-OH is 1. The Balaban J connectivity index is 1.54. The van der Waals surface area contributed by atoms with Crippen molar-refractivity contribution in [1.29, 1.82) is 0 Å². The number of carbonyl (C=O) groups is 2. The number of benzene rings is 2. The van der Waals surface area contributed by atoms with Gasteiger partial charge in [-0.1, -0.05) is 42.5 Å². The number of ketones is 1. The Labute approximate surface area is 199 Å². The number of hydrogen-bond acceptors (Lipinski definition) is 7. The Hall–Kier alpha value is -4.17. The molecule has 0 saturated heterocycles. The van der Waals surface area contributed by atoms with E-state index in [1.807, 2.05) is 30.3 Å². The van der Waals surface area contributed by atoms with E-state index < -0.39 is 23.5 Å².